The maximum atomic E-state index is 12.2. The fraction of sp³-hybridized carbons (Fsp3) is 0.0667. The highest BCUT2D eigenvalue weighted by Crippen LogP contribution is 2.34. The standard InChI is InChI=1S/C15H10Cl3N5O2/c16-9-11(19)10(17)13(18)23-12(9)15(24)25-5-8-21-7-4-2-1-3-6(7)14(20)22-8/h1-4H,5H2,(H2,19,23)(H2,20,21,22). The van der Waals surface area contributed by atoms with Crippen LogP contribution in [0, 0.1) is 0 Å². The zero-order chi connectivity index (χ0) is 18.1. The van der Waals surface area contributed by atoms with E-state index in [-0.39, 0.29) is 44.8 Å². The smallest absolute Gasteiger partial charge is 0.359 e. The monoisotopic (exact) mass is 397 g/mol. The van der Waals surface area contributed by atoms with Gasteiger partial charge in [-0.3, -0.25) is 0 Å². The number of para-hydroxylation sites is 1. The molecule has 0 atom stereocenters. The summed E-state index contributed by atoms with van der Waals surface area (Å²) < 4.78 is 5.13. The van der Waals surface area contributed by atoms with Crippen LogP contribution in [-0.2, 0) is 11.3 Å². The summed E-state index contributed by atoms with van der Waals surface area (Å²) in [5.74, 6) is -0.328. The minimum absolute atomic E-state index is 0.0335. The molecule has 25 heavy (non-hydrogen) atoms. The van der Waals surface area contributed by atoms with Crippen LogP contribution < -0.4 is 11.5 Å². The molecule has 0 fully saturated rings. The zero-order valence-corrected chi connectivity index (χ0v) is 14.7. The van der Waals surface area contributed by atoms with Crippen molar-refractivity contribution in [2.45, 2.75) is 6.61 Å². The molecule has 0 spiro atoms. The second-order valence-electron chi connectivity index (χ2n) is 4.91. The topological polar surface area (TPSA) is 117 Å². The summed E-state index contributed by atoms with van der Waals surface area (Å²) in [4.78, 5) is 24.4. The van der Waals surface area contributed by atoms with Crippen molar-refractivity contribution in [1.82, 2.24) is 15.0 Å². The SMILES string of the molecule is Nc1c(Cl)c(Cl)nc(C(=O)OCc2nc(N)c3ccccc3n2)c1Cl. The van der Waals surface area contributed by atoms with Crippen LogP contribution >= 0.6 is 34.8 Å². The molecule has 3 rings (SSSR count). The molecule has 0 aliphatic heterocycles. The Kier molecular flexibility index (Phi) is 4.80. The number of rotatable bonds is 3. The lowest BCUT2D eigenvalue weighted by molar-refractivity contribution is 0.0456. The molecule has 7 nitrogen and oxygen atoms in total. The van der Waals surface area contributed by atoms with Crippen LogP contribution in [0.15, 0.2) is 24.3 Å². The summed E-state index contributed by atoms with van der Waals surface area (Å²) in [6, 6.07) is 7.20. The number of fused-ring (bicyclic) bond motifs is 1. The van der Waals surface area contributed by atoms with E-state index in [2.05, 4.69) is 15.0 Å². The zero-order valence-electron chi connectivity index (χ0n) is 12.5. The average molecular weight is 399 g/mol. The number of hydrogen-bond acceptors (Lipinski definition) is 7. The summed E-state index contributed by atoms with van der Waals surface area (Å²) >= 11 is 17.6. The fourth-order valence-electron chi connectivity index (χ4n) is 2.08. The third-order valence-electron chi connectivity index (χ3n) is 3.28. The predicted molar refractivity (Wildman–Crippen MR) is 96.7 cm³/mol. The van der Waals surface area contributed by atoms with E-state index < -0.39 is 5.97 Å². The molecule has 4 N–H and O–H groups in total. The molecule has 2 heterocycles. The highest BCUT2D eigenvalue weighted by atomic mass is 35.5. The highest BCUT2D eigenvalue weighted by molar-refractivity contribution is 6.46. The number of carbonyl (C=O) groups is 1. The predicted octanol–water partition coefficient (Wildman–Crippen LogP) is 3.51. The third-order valence-corrected chi connectivity index (χ3v) is 4.41. The minimum Gasteiger partial charge on any atom is -0.453 e. The Morgan fingerprint density at radius 2 is 1.76 bits per heavy atom. The Hall–Kier alpha value is -2.35. The summed E-state index contributed by atoms with van der Waals surface area (Å²) in [5, 5.41) is 0.383. The van der Waals surface area contributed by atoms with E-state index in [1.165, 1.54) is 0 Å². The number of anilines is 2. The first-order valence-corrected chi connectivity index (χ1v) is 8.00. The van der Waals surface area contributed by atoms with Crippen molar-refractivity contribution in [3.63, 3.8) is 0 Å². The first kappa shape index (κ1) is 17.5. The molecule has 2 aromatic heterocycles. The summed E-state index contributed by atoms with van der Waals surface area (Å²) in [5.41, 5.74) is 11.9. The first-order valence-electron chi connectivity index (χ1n) is 6.86. The van der Waals surface area contributed by atoms with E-state index in [1.807, 2.05) is 12.1 Å². The Bertz CT molecular complexity index is 997. The van der Waals surface area contributed by atoms with E-state index >= 15 is 0 Å². The van der Waals surface area contributed by atoms with E-state index in [0.29, 0.717) is 10.9 Å². The summed E-state index contributed by atoms with van der Waals surface area (Å²) in [7, 11) is 0. The van der Waals surface area contributed by atoms with Crippen molar-refractivity contribution in [3.8, 4) is 0 Å². The van der Waals surface area contributed by atoms with Gasteiger partial charge in [0.15, 0.2) is 23.3 Å². The molecule has 0 aliphatic rings. The molecule has 0 unspecified atom stereocenters. The number of carbonyl (C=O) groups excluding carboxylic acids is 1. The van der Waals surface area contributed by atoms with Gasteiger partial charge in [0.2, 0.25) is 0 Å². The van der Waals surface area contributed by atoms with Gasteiger partial charge in [-0.25, -0.2) is 19.7 Å². The third kappa shape index (κ3) is 3.39. The van der Waals surface area contributed by atoms with Gasteiger partial charge in [-0.15, -0.1) is 0 Å². The number of nitrogens with two attached hydrogens (primary N) is 2. The number of nitrogens with zero attached hydrogens (tertiary/aromatic N) is 3. The van der Waals surface area contributed by atoms with Crippen molar-refractivity contribution in [2.75, 3.05) is 11.5 Å². The number of ether oxygens (including phenoxy) is 1. The number of benzene rings is 1. The van der Waals surface area contributed by atoms with Gasteiger partial charge in [-0.1, -0.05) is 46.9 Å². The van der Waals surface area contributed by atoms with Crippen LogP contribution in [0.1, 0.15) is 16.3 Å². The van der Waals surface area contributed by atoms with E-state index in [1.54, 1.807) is 12.1 Å². The van der Waals surface area contributed by atoms with Gasteiger partial charge in [0.05, 0.1) is 16.2 Å². The van der Waals surface area contributed by atoms with Crippen molar-refractivity contribution in [2.24, 2.45) is 0 Å². The minimum atomic E-state index is -0.842. The van der Waals surface area contributed by atoms with Gasteiger partial charge in [0.1, 0.15) is 10.8 Å². The lowest BCUT2D eigenvalue weighted by Gasteiger charge is -2.09. The van der Waals surface area contributed by atoms with Crippen LogP contribution in [0.2, 0.25) is 15.2 Å². The lowest BCUT2D eigenvalue weighted by atomic mass is 10.2. The van der Waals surface area contributed by atoms with Crippen LogP contribution in [0.4, 0.5) is 11.5 Å². The quantitative estimate of drug-likeness (QED) is 0.512. The van der Waals surface area contributed by atoms with Crippen LogP contribution in [0.5, 0.6) is 0 Å². The number of aromatic nitrogens is 3. The van der Waals surface area contributed by atoms with Gasteiger partial charge in [-0.05, 0) is 12.1 Å². The molecule has 0 saturated carbocycles. The molecule has 10 heteroatoms. The second kappa shape index (κ2) is 6.87. The Labute approximate surface area is 156 Å². The maximum absolute atomic E-state index is 12.2. The van der Waals surface area contributed by atoms with Gasteiger partial charge >= 0.3 is 5.97 Å². The van der Waals surface area contributed by atoms with Gasteiger partial charge in [-0.2, -0.15) is 0 Å². The summed E-state index contributed by atoms with van der Waals surface area (Å²) in [6.45, 7) is -0.230. The van der Waals surface area contributed by atoms with Crippen LogP contribution in [0.3, 0.4) is 0 Å². The van der Waals surface area contributed by atoms with Crippen molar-refractivity contribution in [3.05, 3.63) is 51.0 Å². The van der Waals surface area contributed by atoms with Crippen LogP contribution in [0.25, 0.3) is 10.9 Å². The second-order valence-corrected chi connectivity index (χ2v) is 6.03. The number of pyridine rings is 1. The van der Waals surface area contributed by atoms with Gasteiger partial charge in [0.25, 0.3) is 0 Å². The Balaban J connectivity index is 1.84. The van der Waals surface area contributed by atoms with E-state index in [4.69, 9.17) is 51.0 Å². The average Bonchev–Trinajstić information content (AvgIpc) is 2.61. The summed E-state index contributed by atoms with van der Waals surface area (Å²) in [6.07, 6.45) is 0. The molecule has 1 aromatic carbocycles. The maximum Gasteiger partial charge on any atom is 0.359 e. The van der Waals surface area contributed by atoms with Crippen LogP contribution in [-0.4, -0.2) is 20.9 Å². The van der Waals surface area contributed by atoms with Crippen molar-refractivity contribution in [1.29, 1.82) is 0 Å². The van der Waals surface area contributed by atoms with Gasteiger partial charge < -0.3 is 16.2 Å². The molecule has 0 saturated heterocycles. The molecule has 0 radical (unpaired) electrons. The van der Waals surface area contributed by atoms with E-state index in [9.17, 15) is 4.79 Å². The molecule has 0 aliphatic carbocycles. The number of esters is 1. The highest BCUT2D eigenvalue weighted by Gasteiger charge is 2.21. The van der Waals surface area contributed by atoms with E-state index in [0.717, 1.165) is 0 Å². The Morgan fingerprint density at radius 1 is 1.04 bits per heavy atom. The molecular formula is C15H10Cl3N5O2. The first-order chi connectivity index (χ1) is 11.9. The molecular weight excluding hydrogens is 389 g/mol. The molecule has 0 amide bonds. The van der Waals surface area contributed by atoms with Crippen molar-refractivity contribution < 1.29 is 9.53 Å². The molecule has 128 valence electrons. The Morgan fingerprint density at radius 3 is 2.52 bits per heavy atom. The molecule has 3 aromatic rings. The fourth-order valence-corrected chi connectivity index (χ4v) is 2.67. The molecule has 0 bridgehead atoms. The number of hydrogen-bond donors (Lipinski definition) is 2. The normalized spacial score (nSPS) is 10.8. The number of halogens is 3. The largest absolute Gasteiger partial charge is 0.453 e. The number of nitrogen functional groups attached to an aromatic ring is 2. The van der Waals surface area contributed by atoms with Crippen molar-refractivity contribution >= 4 is 63.2 Å². The lowest BCUT2D eigenvalue weighted by Crippen LogP contribution is -2.12. The van der Waals surface area contributed by atoms with Gasteiger partial charge in [0, 0.05) is 5.39 Å².